The number of benzene rings is 1. The fourth-order valence-electron chi connectivity index (χ4n) is 2.10. The highest BCUT2D eigenvalue weighted by molar-refractivity contribution is 5.98. The monoisotopic (exact) mass is 346 g/mol. The van der Waals surface area contributed by atoms with Crippen molar-refractivity contribution in [1.29, 1.82) is 0 Å². The van der Waals surface area contributed by atoms with Gasteiger partial charge < -0.3 is 10.1 Å². The van der Waals surface area contributed by atoms with E-state index in [0.717, 1.165) is 24.0 Å². The van der Waals surface area contributed by atoms with Crippen LogP contribution in [0.2, 0.25) is 0 Å². The van der Waals surface area contributed by atoms with Gasteiger partial charge in [-0.1, -0.05) is 12.1 Å². The molecule has 1 saturated carbocycles. The number of hydrogen-bond donors (Lipinski definition) is 2. The first kappa shape index (κ1) is 18.6. The molecule has 7 heteroatoms. The van der Waals surface area contributed by atoms with E-state index in [0.29, 0.717) is 5.56 Å². The molecule has 0 atom stereocenters. The van der Waals surface area contributed by atoms with Crippen LogP contribution >= 0.6 is 0 Å². The van der Waals surface area contributed by atoms with E-state index in [4.69, 9.17) is 4.74 Å². The minimum Gasteiger partial charge on any atom is -0.456 e. The van der Waals surface area contributed by atoms with Crippen molar-refractivity contribution >= 4 is 23.7 Å². The molecule has 134 valence electrons. The number of ketones is 1. The fraction of sp³-hybridized carbons (Fsp3) is 0.444. The second-order valence-corrected chi connectivity index (χ2v) is 6.18. The number of ether oxygens (including phenoxy) is 1. The van der Waals surface area contributed by atoms with Crippen molar-refractivity contribution in [3.63, 3.8) is 0 Å². The largest absolute Gasteiger partial charge is 0.456 e. The SMILES string of the molecule is Cc1ccc(C(=O)CCC(=O)OCC(=O)NC(=O)NC2CC2)cc1C. The average Bonchev–Trinajstić information content (AvgIpc) is 3.36. The van der Waals surface area contributed by atoms with E-state index in [9.17, 15) is 19.2 Å². The first-order valence-corrected chi connectivity index (χ1v) is 8.21. The van der Waals surface area contributed by atoms with Crippen LogP contribution in [0.3, 0.4) is 0 Å². The number of hydrogen-bond acceptors (Lipinski definition) is 5. The molecule has 0 spiro atoms. The Bertz CT molecular complexity index is 695. The molecule has 1 fully saturated rings. The second-order valence-electron chi connectivity index (χ2n) is 6.18. The maximum Gasteiger partial charge on any atom is 0.321 e. The maximum atomic E-state index is 12.1. The minimum atomic E-state index is -0.702. The Labute approximate surface area is 146 Å². The highest BCUT2D eigenvalue weighted by atomic mass is 16.5. The van der Waals surface area contributed by atoms with Crippen LogP contribution < -0.4 is 10.6 Å². The van der Waals surface area contributed by atoms with Crippen LogP contribution in [-0.2, 0) is 14.3 Å². The molecule has 25 heavy (non-hydrogen) atoms. The summed E-state index contributed by atoms with van der Waals surface area (Å²) in [5.41, 5.74) is 2.65. The van der Waals surface area contributed by atoms with Crippen LogP contribution in [0.1, 0.15) is 47.2 Å². The zero-order chi connectivity index (χ0) is 18.4. The average molecular weight is 346 g/mol. The third-order valence-corrected chi connectivity index (χ3v) is 3.91. The highest BCUT2D eigenvalue weighted by Crippen LogP contribution is 2.18. The topological polar surface area (TPSA) is 102 Å². The lowest BCUT2D eigenvalue weighted by Gasteiger charge is -2.07. The molecular formula is C18H22N2O5. The molecule has 0 heterocycles. The van der Waals surface area contributed by atoms with E-state index < -0.39 is 24.5 Å². The summed E-state index contributed by atoms with van der Waals surface area (Å²) >= 11 is 0. The normalized spacial score (nSPS) is 13.0. The van der Waals surface area contributed by atoms with Crippen molar-refractivity contribution in [3.8, 4) is 0 Å². The standard InChI is InChI=1S/C18H22N2O5/c1-11-3-4-13(9-12(11)2)15(21)7-8-17(23)25-10-16(22)20-18(24)19-14-5-6-14/h3-4,9,14H,5-8,10H2,1-2H3,(H2,19,20,22,24). The number of Topliss-reactive ketones (excluding diaryl/α,β-unsaturated/α-hetero) is 1. The summed E-state index contributed by atoms with van der Waals surface area (Å²) in [6.07, 6.45) is 1.70. The quantitative estimate of drug-likeness (QED) is 0.579. The van der Waals surface area contributed by atoms with E-state index in [-0.39, 0.29) is 24.7 Å². The van der Waals surface area contributed by atoms with Gasteiger partial charge in [-0.15, -0.1) is 0 Å². The van der Waals surface area contributed by atoms with Crippen molar-refractivity contribution in [2.24, 2.45) is 0 Å². The van der Waals surface area contributed by atoms with Gasteiger partial charge in [0, 0.05) is 18.0 Å². The highest BCUT2D eigenvalue weighted by Gasteiger charge is 2.24. The lowest BCUT2D eigenvalue weighted by Crippen LogP contribution is -2.42. The molecule has 1 aliphatic carbocycles. The van der Waals surface area contributed by atoms with Crippen LogP contribution in [0.15, 0.2) is 18.2 Å². The first-order valence-electron chi connectivity index (χ1n) is 8.21. The van der Waals surface area contributed by atoms with Gasteiger partial charge in [0.25, 0.3) is 5.91 Å². The molecule has 2 N–H and O–H groups in total. The number of urea groups is 1. The van der Waals surface area contributed by atoms with Crippen LogP contribution in [0.25, 0.3) is 0 Å². The first-order chi connectivity index (χ1) is 11.8. The summed E-state index contributed by atoms with van der Waals surface area (Å²) in [4.78, 5) is 46.5. The third-order valence-electron chi connectivity index (χ3n) is 3.91. The van der Waals surface area contributed by atoms with Crippen LogP contribution in [0.4, 0.5) is 4.79 Å². The van der Waals surface area contributed by atoms with Gasteiger partial charge in [-0.3, -0.25) is 19.7 Å². The van der Waals surface area contributed by atoms with Crippen LogP contribution in [0, 0.1) is 13.8 Å². The molecule has 7 nitrogen and oxygen atoms in total. The molecule has 1 aliphatic rings. The Morgan fingerprint density at radius 1 is 1.08 bits per heavy atom. The molecule has 0 aliphatic heterocycles. The summed E-state index contributed by atoms with van der Waals surface area (Å²) in [7, 11) is 0. The zero-order valence-electron chi connectivity index (χ0n) is 14.4. The molecule has 0 saturated heterocycles. The molecule has 2 rings (SSSR count). The van der Waals surface area contributed by atoms with E-state index in [2.05, 4.69) is 10.6 Å². The zero-order valence-corrected chi connectivity index (χ0v) is 14.4. The van der Waals surface area contributed by atoms with E-state index in [1.54, 1.807) is 12.1 Å². The summed E-state index contributed by atoms with van der Waals surface area (Å²) in [6.45, 7) is 3.32. The molecule has 0 unspecified atom stereocenters. The van der Waals surface area contributed by atoms with Crippen LogP contribution in [-0.4, -0.2) is 36.3 Å². The Morgan fingerprint density at radius 2 is 1.80 bits per heavy atom. The lowest BCUT2D eigenvalue weighted by atomic mass is 10.0. The van der Waals surface area contributed by atoms with Crippen molar-refractivity contribution < 1.29 is 23.9 Å². The van der Waals surface area contributed by atoms with Gasteiger partial charge in [0.1, 0.15) is 0 Å². The van der Waals surface area contributed by atoms with Crippen molar-refractivity contribution in [2.75, 3.05) is 6.61 Å². The molecule has 3 amide bonds. The van der Waals surface area contributed by atoms with Gasteiger partial charge in [0.2, 0.25) is 0 Å². The molecule has 0 bridgehead atoms. The Kier molecular flexibility index (Phi) is 6.27. The van der Waals surface area contributed by atoms with E-state index in [1.807, 2.05) is 19.9 Å². The number of rotatable bonds is 7. The molecule has 1 aromatic rings. The number of imide groups is 1. The smallest absolute Gasteiger partial charge is 0.321 e. The molecule has 1 aromatic carbocycles. The summed E-state index contributed by atoms with van der Waals surface area (Å²) in [5.74, 6) is -1.52. The number of esters is 1. The Hall–Kier alpha value is -2.70. The van der Waals surface area contributed by atoms with Crippen LogP contribution in [0.5, 0.6) is 0 Å². The minimum absolute atomic E-state index is 0.00508. The summed E-state index contributed by atoms with van der Waals surface area (Å²) < 4.78 is 4.77. The fourth-order valence-corrected chi connectivity index (χ4v) is 2.10. The van der Waals surface area contributed by atoms with E-state index >= 15 is 0 Å². The van der Waals surface area contributed by atoms with Gasteiger partial charge in [-0.25, -0.2) is 4.79 Å². The van der Waals surface area contributed by atoms with E-state index in [1.165, 1.54) is 0 Å². The lowest BCUT2D eigenvalue weighted by molar-refractivity contribution is -0.148. The number of carbonyl (C=O) groups excluding carboxylic acids is 4. The van der Waals surface area contributed by atoms with Gasteiger partial charge in [0.05, 0.1) is 6.42 Å². The maximum absolute atomic E-state index is 12.1. The number of carbonyl (C=O) groups is 4. The molecular weight excluding hydrogens is 324 g/mol. The Morgan fingerprint density at radius 3 is 2.44 bits per heavy atom. The second kappa shape index (κ2) is 8.41. The van der Waals surface area contributed by atoms with Crippen molar-refractivity contribution in [1.82, 2.24) is 10.6 Å². The third kappa shape index (κ3) is 6.37. The summed E-state index contributed by atoms with van der Waals surface area (Å²) in [6, 6.07) is 4.91. The number of nitrogens with one attached hydrogen (secondary N) is 2. The predicted octanol–water partition coefficient (Wildman–Crippen LogP) is 1.80. The van der Waals surface area contributed by atoms with Crippen molar-refractivity contribution in [3.05, 3.63) is 34.9 Å². The predicted molar refractivity (Wildman–Crippen MR) is 90.1 cm³/mol. The molecule has 0 radical (unpaired) electrons. The Balaban J connectivity index is 1.67. The van der Waals surface area contributed by atoms with Gasteiger partial charge >= 0.3 is 12.0 Å². The molecule has 0 aromatic heterocycles. The van der Waals surface area contributed by atoms with Gasteiger partial charge in [0.15, 0.2) is 12.4 Å². The van der Waals surface area contributed by atoms with Gasteiger partial charge in [-0.05, 0) is 43.9 Å². The number of amides is 3. The van der Waals surface area contributed by atoms with Gasteiger partial charge in [-0.2, -0.15) is 0 Å². The van der Waals surface area contributed by atoms with Crippen molar-refractivity contribution in [2.45, 2.75) is 45.6 Å². The summed E-state index contributed by atoms with van der Waals surface area (Å²) in [5, 5.41) is 4.66. The number of aryl methyl sites for hydroxylation is 2.